The van der Waals surface area contributed by atoms with Crippen LogP contribution < -0.4 is 4.90 Å². The molecule has 0 atom stereocenters. The van der Waals surface area contributed by atoms with Crippen molar-refractivity contribution in [3.05, 3.63) is 76.9 Å². The van der Waals surface area contributed by atoms with Crippen molar-refractivity contribution >= 4 is 40.7 Å². The standard InChI is InChI=1S/C21H13Cl2FN4O2/c1-12(29)28(18-7-6-15(24)10-16(18)23)21-19(17-8-9-25-11-26-17)20(27-30-21)13-2-4-14(22)5-3-13/h2-11H,1H3. The quantitative estimate of drug-likeness (QED) is 0.391. The summed E-state index contributed by atoms with van der Waals surface area (Å²) in [5, 5.41) is 4.79. The van der Waals surface area contributed by atoms with Gasteiger partial charge in [-0.2, -0.15) is 0 Å². The lowest BCUT2D eigenvalue weighted by atomic mass is 10.0. The first-order chi connectivity index (χ1) is 14.5. The highest BCUT2D eigenvalue weighted by Crippen LogP contribution is 2.43. The Hall–Kier alpha value is -3.29. The Labute approximate surface area is 180 Å². The number of nitrogens with zero attached hydrogens (tertiary/aromatic N) is 4. The molecule has 1 amide bonds. The fourth-order valence-corrected chi connectivity index (χ4v) is 3.37. The summed E-state index contributed by atoms with van der Waals surface area (Å²) >= 11 is 12.2. The smallest absolute Gasteiger partial charge is 0.248 e. The van der Waals surface area contributed by atoms with Gasteiger partial charge in [-0.05, 0) is 36.4 Å². The summed E-state index contributed by atoms with van der Waals surface area (Å²) in [4.78, 5) is 22.0. The summed E-state index contributed by atoms with van der Waals surface area (Å²) in [6.45, 7) is 1.34. The SMILES string of the molecule is CC(=O)N(c1ccc(F)cc1Cl)c1onc(-c2ccc(Cl)cc2)c1-c1ccncn1. The minimum atomic E-state index is -0.525. The van der Waals surface area contributed by atoms with Crippen LogP contribution in [0.2, 0.25) is 10.0 Å². The van der Waals surface area contributed by atoms with Crippen molar-refractivity contribution in [2.75, 3.05) is 4.90 Å². The third-order valence-corrected chi connectivity index (χ3v) is 4.85. The normalized spacial score (nSPS) is 10.8. The highest BCUT2D eigenvalue weighted by Gasteiger charge is 2.29. The zero-order valence-electron chi connectivity index (χ0n) is 15.5. The molecule has 0 unspecified atom stereocenters. The fraction of sp³-hybridized carbons (Fsp3) is 0.0476. The molecule has 0 N–H and O–H groups in total. The molecule has 0 bridgehead atoms. The van der Waals surface area contributed by atoms with Crippen LogP contribution in [0.4, 0.5) is 16.0 Å². The average molecular weight is 443 g/mol. The summed E-state index contributed by atoms with van der Waals surface area (Å²) in [5.74, 6) is -0.833. The predicted octanol–water partition coefficient (Wildman–Crippen LogP) is 5.93. The van der Waals surface area contributed by atoms with E-state index in [9.17, 15) is 9.18 Å². The van der Waals surface area contributed by atoms with Crippen LogP contribution in [0.1, 0.15) is 6.92 Å². The van der Waals surface area contributed by atoms with Crippen LogP contribution in [0.25, 0.3) is 22.5 Å². The second-order valence-corrected chi connectivity index (χ2v) is 7.11. The van der Waals surface area contributed by atoms with Crippen molar-refractivity contribution in [1.29, 1.82) is 0 Å². The summed E-state index contributed by atoms with van der Waals surface area (Å²) in [5.41, 5.74) is 2.34. The molecular weight excluding hydrogens is 430 g/mol. The van der Waals surface area contributed by atoms with E-state index in [1.807, 2.05) is 0 Å². The number of rotatable bonds is 4. The first kappa shape index (κ1) is 20.0. The largest absolute Gasteiger partial charge is 0.336 e. The average Bonchev–Trinajstić information content (AvgIpc) is 3.15. The molecule has 0 radical (unpaired) electrons. The molecule has 0 saturated heterocycles. The van der Waals surface area contributed by atoms with Crippen LogP contribution in [0, 0.1) is 5.82 Å². The molecule has 2 aromatic heterocycles. The number of halogens is 3. The lowest BCUT2D eigenvalue weighted by Gasteiger charge is -2.20. The Morgan fingerprint density at radius 1 is 1.10 bits per heavy atom. The van der Waals surface area contributed by atoms with Crippen molar-refractivity contribution in [3.63, 3.8) is 0 Å². The number of amides is 1. The molecule has 150 valence electrons. The Balaban J connectivity index is 1.96. The number of anilines is 2. The minimum absolute atomic E-state index is 0.0447. The molecule has 0 spiro atoms. The summed E-state index contributed by atoms with van der Waals surface area (Å²) in [6.07, 6.45) is 2.94. The summed E-state index contributed by atoms with van der Waals surface area (Å²) in [7, 11) is 0. The number of carbonyl (C=O) groups excluding carboxylic acids is 1. The second-order valence-electron chi connectivity index (χ2n) is 6.26. The third-order valence-electron chi connectivity index (χ3n) is 4.30. The molecular formula is C21H13Cl2FN4O2. The van der Waals surface area contributed by atoms with Crippen LogP contribution in [0.3, 0.4) is 0 Å². The first-order valence-electron chi connectivity index (χ1n) is 8.73. The van der Waals surface area contributed by atoms with Gasteiger partial charge in [0.25, 0.3) is 0 Å². The number of carbonyl (C=O) groups is 1. The fourth-order valence-electron chi connectivity index (χ4n) is 2.99. The van der Waals surface area contributed by atoms with Gasteiger partial charge >= 0.3 is 0 Å². The molecule has 2 aromatic carbocycles. The van der Waals surface area contributed by atoms with Crippen LogP contribution in [-0.4, -0.2) is 21.0 Å². The zero-order chi connectivity index (χ0) is 21.3. The molecule has 4 aromatic rings. The van der Waals surface area contributed by atoms with Gasteiger partial charge in [-0.15, -0.1) is 0 Å². The van der Waals surface area contributed by atoms with Crippen molar-refractivity contribution in [3.8, 4) is 22.5 Å². The highest BCUT2D eigenvalue weighted by atomic mass is 35.5. The predicted molar refractivity (Wildman–Crippen MR) is 112 cm³/mol. The lowest BCUT2D eigenvalue weighted by Crippen LogP contribution is -2.23. The van der Waals surface area contributed by atoms with Gasteiger partial charge in [0.05, 0.1) is 22.0 Å². The summed E-state index contributed by atoms with van der Waals surface area (Å²) < 4.78 is 19.2. The van der Waals surface area contributed by atoms with Gasteiger partial charge in [0, 0.05) is 23.7 Å². The van der Waals surface area contributed by atoms with Crippen LogP contribution in [-0.2, 0) is 4.79 Å². The Morgan fingerprint density at radius 2 is 1.87 bits per heavy atom. The number of benzene rings is 2. The maximum absolute atomic E-state index is 13.6. The van der Waals surface area contributed by atoms with Gasteiger partial charge in [0.15, 0.2) is 0 Å². The lowest BCUT2D eigenvalue weighted by molar-refractivity contribution is -0.116. The first-order valence-corrected chi connectivity index (χ1v) is 9.49. The van der Waals surface area contributed by atoms with Crippen molar-refractivity contribution in [2.45, 2.75) is 6.92 Å². The molecule has 0 fully saturated rings. The third kappa shape index (κ3) is 3.77. The molecule has 0 aliphatic carbocycles. The van der Waals surface area contributed by atoms with Gasteiger partial charge in [-0.3, -0.25) is 4.79 Å². The minimum Gasteiger partial charge on any atom is -0.336 e. The van der Waals surface area contributed by atoms with E-state index in [0.717, 1.165) is 6.07 Å². The van der Waals surface area contributed by atoms with Gasteiger partial charge in [0.1, 0.15) is 17.8 Å². The topological polar surface area (TPSA) is 72.1 Å². The van der Waals surface area contributed by atoms with Gasteiger partial charge < -0.3 is 4.52 Å². The van der Waals surface area contributed by atoms with E-state index in [1.165, 1.54) is 30.3 Å². The molecule has 6 nitrogen and oxygen atoms in total. The molecule has 2 heterocycles. The van der Waals surface area contributed by atoms with E-state index in [1.54, 1.807) is 36.5 Å². The zero-order valence-corrected chi connectivity index (χ0v) is 17.0. The van der Waals surface area contributed by atoms with E-state index in [4.69, 9.17) is 27.7 Å². The summed E-state index contributed by atoms with van der Waals surface area (Å²) in [6, 6.07) is 12.4. The molecule has 30 heavy (non-hydrogen) atoms. The highest BCUT2D eigenvalue weighted by molar-refractivity contribution is 6.34. The van der Waals surface area contributed by atoms with E-state index in [-0.39, 0.29) is 16.6 Å². The van der Waals surface area contributed by atoms with E-state index in [2.05, 4.69) is 15.1 Å². The monoisotopic (exact) mass is 442 g/mol. The van der Waals surface area contributed by atoms with Gasteiger partial charge in [0.2, 0.25) is 11.8 Å². The Morgan fingerprint density at radius 3 is 2.50 bits per heavy atom. The number of hydrogen-bond acceptors (Lipinski definition) is 5. The second kappa shape index (κ2) is 8.22. The van der Waals surface area contributed by atoms with Gasteiger partial charge in [-0.25, -0.2) is 19.3 Å². The molecule has 4 rings (SSSR count). The Kier molecular flexibility index (Phi) is 5.48. The van der Waals surface area contributed by atoms with Crippen LogP contribution >= 0.6 is 23.2 Å². The number of hydrogen-bond donors (Lipinski definition) is 0. The molecule has 0 aliphatic rings. The number of aromatic nitrogens is 3. The maximum Gasteiger partial charge on any atom is 0.248 e. The maximum atomic E-state index is 13.6. The van der Waals surface area contributed by atoms with Crippen molar-refractivity contribution in [1.82, 2.24) is 15.1 Å². The molecule has 9 heteroatoms. The van der Waals surface area contributed by atoms with Gasteiger partial charge in [-0.1, -0.05) is 40.5 Å². The van der Waals surface area contributed by atoms with Crippen LogP contribution in [0.5, 0.6) is 0 Å². The molecule has 0 aliphatic heterocycles. The van der Waals surface area contributed by atoms with E-state index in [0.29, 0.717) is 27.5 Å². The van der Waals surface area contributed by atoms with E-state index >= 15 is 0 Å². The van der Waals surface area contributed by atoms with Crippen molar-refractivity contribution in [2.24, 2.45) is 0 Å². The van der Waals surface area contributed by atoms with E-state index < -0.39 is 11.7 Å². The molecule has 0 saturated carbocycles. The van der Waals surface area contributed by atoms with Crippen molar-refractivity contribution < 1.29 is 13.7 Å². The van der Waals surface area contributed by atoms with Crippen LogP contribution in [0.15, 0.2) is 65.6 Å². The Bertz CT molecular complexity index is 1210.